The molecule has 0 aromatic heterocycles. The summed E-state index contributed by atoms with van der Waals surface area (Å²) in [4.78, 5) is 7.54. The van der Waals surface area contributed by atoms with Crippen molar-refractivity contribution in [2.24, 2.45) is 5.92 Å². The lowest BCUT2D eigenvalue weighted by molar-refractivity contribution is -0.110. The molecule has 2 fully saturated rings. The minimum Gasteiger partial charge on any atom is -0.378 e. The second kappa shape index (κ2) is 6.39. The van der Waals surface area contributed by atoms with Crippen LogP contribution in [0.2, 0.25) is 0 Å². The van der Waals surface area contributed by atoms with Gasteiger partial charge in [-0.15, -0.1) is 0 Å². The molecule has 1 saturated carbocycles. The van der Waals surface area contributed by atoms with Gasteiger partial charge in [-0.1, -0.05) is 12.1 Å². The molecule has 1 aromatic carbocycles. The molecule has 7 heteroatoms. The fourth-order valence-electron chi connectivity index (χ4n) is 2.91. The second-order valence-electron chi connectivity index (χ2n) is 6.65. The average Bonchev–Trinajstić information content (AvgIpc) is 3.26. The van der Waals surface area contributed by atoms with Crippen molar-refractivity contribution >= 4 is 15.7 Å². The Bertz CT molecular complexity index is 641. The number of benzene rings is 1. The van der Waals surface area contributed by atoms with Crippen LogP contribution in [0.25, 0.3) is 0 Å². The monoisotopic (exact) mass is 339 g/mol. The van der Waals surface area contributed by atoms with Crippen molar-refractivity contribution in [3.8, 4) is 0 Å². The Hall–Kier alpha value is -1.15. The van der Waals surface area contributed by atoms with E-state index >= 15 is 0 Å². The Labute approximate surface area is 138 Å². The Morgan fingerprint density at radius 3 is 2.48 bits per heavy atom. The minimum atomic E-state index is -3.40. The zero-order chi connectivity index (χ0) is 16.6. The fraction of sp³-hybridized carbons (Fsp3) is 0.625. The third kappa shape index (κ3) is 3.68. The number of rotatable bonds is 6. The van der Waals surface area contributed by atoms with Crippen LogP contribution in [0.3, 0.4) is 0 Å². The Morgan fingerprint density at radius 1 is 1.26 bits per heavy atom. The molecule has 3 rings (SSSR count). The van der Waals surface area contributed by atoms with Gasteiger partial charge in [-0.25, -0.2) is 13.1 Å². The molecule has 1 N–H and O–H groups in total. The highest BCUT2D eigenvalue weighted by molar-refractivity contribution is 7.90. The molecule has 1 aromatic rings. The van der Waals surface area contributed by atoms with Crippen LogP contribution in [0.1, 0.15) is 24.4 Å². The standard InChI is InChI=1S/C16H25N3O3S/c1-18(2)14-8-6-13(7-9-14)16-15(11-22-19(16)3)23(20,21)17-10-12-4-5-12/h6-9,12,15-17H,4-5,10-11H2,1-3H3. The molecule has 128 valence electrons. The summed E-state index contributed by atoms with van der Waals surface area (Å²) in [6.45, 7) is 0.742. The number of nitrogens with zero attached hydrogens (tertiary/aromatic N) is 2. The van der Waals surface area contributed by atoms with Gasteiger partial charge in [0, 0.05) is 33.4 Å². The van der Waals surface area contributed by atoms with E-state index in [9.17, 15) is 8.42 Å². The molecule has 1 aliphatic heterocycles. The van der Waals surface area contributed by atoms with Gasteiger partial charge in [0.2, 0.25) is 10.0 Å². The Kier molecular flexibility index (Phi) is 4.64. The molecule has 0 spiro atoms. The molecule has 2 unspecified atom stereocenters. The predicted molar refractivity (Wildman–Crippen MR) is 90.7 cm³/mol. The first-order chi connectivity index (χ1) is 10.9. The van der Waals surface area contributed by atoms with Crippen LogP contribution in [-0.4, -0.2) is 53.0 Å². The molecule has 0 amide bonds. The van der Waals surface area contributed by atoms with Crippen molar-refractivity contribution in [1.82, 2.24) is 9.79 Å². The molecule has 1 heterocycles. The minimum absolute atomic E-state index is 0.191. The Morgan fingerprint density at radius 2 is 1.91 bits per heavy atom. The van der Waals surface area contributed by atoms with E-state index in [1.807, 2.05) is 43.3 Å². The normalized spacial score (nSPS) is 25.7. The lowest BCUT2D eigenvalue weighted by Crippen LogP contribution is -2.40. The van der Waals surface area contributed by atoms with E-state index in [-0.39, 0.29) is 12.6 Å². The number of hydroxylamine groups is 2. The van der Waals surface area contributed by atoms with Gasteiger partial charge in [0.05, 0.1) is 12.6 Å². The first kappa shape index (κ1) is 16.7. The van der Waals surface area contributed by atoms with E-state index in [1.165, 1.54) is 0 Å². The highest BCUT2D eigenvalue weighted by Gasteiger charge is 2.43. The van der Waals surface area contributed by atoms with Gasteiger partial charge in [0.1, 0.15) is 5.25 Å². The average molecular weight is 339 g/mol. The van der Waals surface area contributed by atoms with E-state index < -0.39 is 15.3 Å². The van der Waals surface area contributed by atoms with Crippen LogP contribution in [0, 0.1) is 5.92 Å². The highest BCUT2D eigenvalue weighted by atomic mass is 32.2. The third-order valence-corrected chi connectivity index (χ3v) is 6.37. The molecule has 2 atom stereocenters. The first-order valence-corrected chi connectivity index (χ1v) is 9.54. The molecule has 0 radical (unpaired) electrons. The van der Waals surface area contributed by atoms with Crippen molar-refractivity contribution in [2.75, 3.05) is 39.2 Å². The fourth-order valence-corrected chi connectivity index (χ4v) is 4.50. The smallest absolute Gasteiger partial charge is 0.218 e. The van der Waals surface area contributed by atoms with E-state index in [2.05, 4.69) is 4.72 Å². The maximum atomic E-state index is 12.6. The molecular weight excluding hydrogens is 314 g/mol. The van der Waals surface area contributed by atoms with Crippen LogP contribution in [0.15, 0.2) is 24.3 Å². The van der Waals surface area contributed by atoms with Crippen LogP contribution < -0.4 is 9.62 Å². The topological polar surface area (TPSA) is 61.9 Å². The number of nitrogens with one attached hydrogen (secondary N) is 1. The van der Waals surface area contributed by atoms with Crippen LogP contribution in [0.4, 0.5) is 5.69 Å². The number of sulfonamides is 1. The molecule has 23 heavy (non-hydrogen) atoms. The van der Waals surface area contributed by atoms with Crippen molar-refractivity contribution in [2.45, 2.75) is 24.1 Å². The molecule has 1 saturated heterocycles. The highest BCUT2D eigenvalue weighted by Crippen LogP contribution is 2.34. The summed E-state index contributed by atoms with van der Waals surface area (Å²) >= 11 is 0. The summed E-state index contributed by atoms with van der Waals surface area (Å²) in [5.74, 6) is 0.516. The van der Waals surface area contributed by atoms with Gasteiger partial charge in [-0.2, -0.15) is 5.06 Å². The first-order valence-electron chi connectivity index (χ1n) is 8.00. The second-order valence-corrected chi connectivity index (χ2v) is 8.63. The van der Waals surface area contributed by atoms with Gasteiger partial charge in [-0.3, -0.25) is 4.84 Å². The summed E-state index contributed by atoms with van der Waals surface area (Å²) < 4.78 is 28.1. The lowest BCUT2D eigenvalue weighted by Gasteiger charge is -2.24. The maximum Gasteiger partial charge on any atom is 0.218 e. The summed E-state index contributed by atoms with van der Waals surface area (Å²) in [5, 5.41) is 1.07. The van der Waals surface area contributed by atoms with E-state index in [1.54, 1.807) is 12.1 Å². The number of anilines is 1. The van der Waals surface area contributed by atoms with E-state index in [0.29, 0.717) is 12.5 Å². The molecule has 1 aliphatic carbocycles. The molecule has 0 bridgehead atoms. The number of hydrogen-bond acceptors (Lipinski definition) is 5. The van der Waals surface area contributed by atoms with Crippen LogP contribution in [-0.2, 0) is 14.9 Å². The number of hydrogen-bond donors (Lipinski definition) is 1. The molecular formula is C16H25N3O3S. The van der Waals surface area contributed by atoms with Crippen molar-refractivity contribution in [3.05, 3.63) is 29.8 Å². The lowest BCUT2D eigenvalue weighted by atomic mass is 10.0. The van der Waals surface area contributed by atoms with Crippen molar-refractivity contribution < 1.29 is 13.3 Å². The Balaban J connectivity index is 1.79. The van der Waals surface area contributed by atoms with Crippen molar-refractivity contribution in [3.63, 3.8) is 0 Å². The zero-order valence-electron chi connectivity index (χ0n) is 13.9. The summed E-state index contributed by atoms with van der Waals surface area (Å²) in [6, 6.07) is 7.68. The summed E-state index contributed by atoms with van der Waals surface area (Å²) in [6.07, 6.45) is 2.25. The van der Waals surface area contributed by atoms with Crippen LogP contribution in [0.5, 0.6) is 0 Å². The van der Waals surface area contributed by atoms with Gasteiger partial charge in [0.25, 0.3) is 0 Å². The third-order valence-electron chi connectivity index (χ3n) is 4.61. The van der Waals surface area contributed by atoms with Gasteiger partial charge >= 0.3 is 0 Å². The predicted octanol–water partition coefficient (Wildman–Crippen LogP) is 1.37. The SMILES string of the molecule is CN(C)c1ccc(C2C(S(=O)(=O)NCC3CC3)CON2C)cc1. The molecule has 2 aliphatic rings. The van der Waals surface area contributed by atoms with Gasteiger partial charge in [-0.05, 0) is 36.5 Å². The van der Waals surface area contributed by atoms with E-state index in [4.69, 9.17) is 4.84 Å². The van der Waals surface area contributed by atoms with Gasteiger partial charge in [0.15, 0.2) is 0 Å². The summed E-state index contributed by atoms with van der Waals surface area (Å²) in [7, 11) is 2.36. The quantitative estimate of drug-likeness (QED) is 0.848. The largest absolute Gasteiger partial charge is 0.378 e. The van der Waals surface area contributed by atoms with Crippen LogP contribution >= 0.6 is 0 Å². The van der Waals surface area contributed by atoms with E-state index in [0.717, 1.165) is 24.1 Å². The zero-order valence-corrected chi connectivity index (χ0v) is 14.7. The van der Waals surface area contributed by atoms with Crippen molar-refractivity contribution in [1.29, 1.82) is 0 Å². The summed E-state index contributed by atoms with van der Waals surface area (Å²) in [5.41, 5.74) is 2.04. The molecule has 6 nitrogen and oxygen atoms in total. The van der Waals surface area contributed by atoms with Gasteiger partial charge < -0.3 is 4.90 Å². The maximum absolute atomic E-state index is 12.6.